The number of hydrogen-bond acceptors (Lipinski definition) is 5. The average Bonchev–Trinajstić information content (AvgIpc) is 3.06. The van der Waals surface area contributed by atoms with Gasteiger partial charge in [-0.2, -0.15) is 0 Å². The topological polar surface area (TPSA) is 76.7 Å². The van der Waals surface area contributed by atoms with Crippen molar-refractivity contribution in [2.45, 2.75) is 45.3 Å². The first-order valence-corrected chi connectivity index (χ1v) is 7.86. The van der Waals surface area contributed by atoms with Gasteiger partial charge in [0.05, 0.1) is 5.69 Å². The molecule has 0 bridgehead atoms. The number of fused-ring (bicyclic) bond motifs is 3. The molecule has 1 aliphatic rings. The van der Waals surface area contributed by atoms with Gasteiger partial charge in [0.15, 0.2) is 11.5 Å². The van der Waals surface area contributed by atoms with Gasteiger partial charge in [-0.15, -0.1) is 0 Å². The van der Waals surface area contributed by atoms with Crippen LogP contribution in [0.2, 0.25) is 0 Å². The zero-order valence-electron chi connectivity index (χ0n) is 13.5. The lowest BCUT2D eigenvalue weighted by molar-refractivity contribution is 0.0687. The van der Waals surface area contributed by atoms with Crippen LogP contribution >= 0.6 is 0 Å². The molecular formula is C17H19N5O. The molecule has 0 amide bonds. The van der Waals surface area contributed by atoms with Crippen molar-refractivity contribution >= 4 is 11.2 Å². The summed E-state index contributed by atoms with van der Waals surface area (Å²) >= 11 is 0. The molecule has 6 heteroatoms. The highest BCUT2D eigenvalue weighted by Gasteiger charge is 2.24. The minimum Gasteiger partial charge on any atom is -0.382 e. The van der Waals surface area contributed by atoms with E-state index in [1.54, 1.807) is 26.2 Å². The summed E-state index contributed by atoms with van der Waals surface area (Å²) < 4.78 is 2.23. The van der Waals surface area contributed by atoms with Crippen LogP contribution in [0.15, 0.2) is 24.5 Å². The number of imidazole rings is 1. The normalized spacial score (nSPS) is 17.7. The SMILES string of the molecule is CC1CCc2nc3ccc(-c4cnc(C(C)(C)O)nc4)nc3n21. The van der Waals surface area contributed by atoms with Gasteiger partial charge in [0.1, 0.15) is 16.9 Å². The summed E-state index contributed by atoms with van der Waals surface area (Å²) in [6.45, 7) is 5.54. The number of pyridine rings is 1. The number of nitrogens with zero attached hydrogens (tertiary/aromatic N) is 5. The fourth-order valence-corrected chi connectivity index (χ4v) is 3.06. The third-order valence-corrected chi connectivity index (χ3v) is 4.33. The van der Waals surface area contributed by atoms with Crippen LogP contribution in [0.3, 0.4) is 0 Å². The zero-order chi connectivity index (χ0) is 16.2. The van der Waals surface area contributed by atoms with E-state index in [1.807, 2.05) is 12.1 Å². The fraction of sp³-hybridized carbons (Fsp3) is 0.412. The maximum absolute atomic E-state index is 9.95. The highest BCUT2D eigenvalue weighted by atomic mass is 16.3. The zero-order valence-corrected chi connectivity index (χ0v) is 13.5. The van der Waals surface area contributed by atoms with Crippen LogP contribution in [0.5, 0.6) is 0 Å². The molecule has 6 nitrogen and oxygen atoms in total. The van der Waals surface area contributed by atoms with E-state index >= 15 is 0 Å². The maximum Gasteiger partial charge on any atom is 0.160 e. The summed E-state index contributed by atoms with van der Waals surface area (Å²) in [5.41, 5.74) is 2.47. The van der Waals surface area contributed by atoms with Gasteiger partial charge in [0, 0.05) is 30.4 Å². The van der Waals surface area contributed by atoms with Crippen molar-refractivity contribution in [1.82, 2.24) is 24.5 Å². The van der Waals surface area contributed by atoms with Gasteiger partial charge >= 0.3 is 0 Å². The Hall–Kier alpha value is -2.34. The molecule has 118 valence electrons. The van der Waals surface area contributed by atoms with E-state index in [4.69, 9.17) is 4.98 Å². The number of aromatic nitrogens is 5. The quantitative estimate of drug-likeness (QED) is 0.787. The van der Waals surface area contributed by atoms with Gasteiger partial charge in [-0.25, -0.2) is 19.9 Å². The molecule has 0 spiro atoms. The lowest BCUT2D eigenvalue weighted by atomic mass is 10.1. The summed E-state index contributed by atoms with van der Waals surface area (Å²) in [5, 5.41) is 9.95. The first kappa shape index (κ1) is 14.3. The number of rotatable bonds is 2. The molecule has 23 heavy (non-hydrogen) atoms. The Morgan fingerprint density at radius 1 is 1.17 bits per heavy atom. The third-order valence-electron chi connectivity index (χ3n) is 4.33. The molecule has 1 N–H and O–H groups in total. The highest BCUT2D eigenvalue weighted by molar-refractivity contribution is 5.76. The molecule has 0 aromatic carbocycles. The Labute approximate surface area is 134 Å². The number of aryl methyl sites for hydroxylation is 1. The van der Waals surface area contributed by atoms with E-state index in [0.29, 0.717) is 11.9 Å². The first-order valence-electron chi connectivity index (χ1n) is 7.86. The van der Waals surface area contributed by atoms with Crippen LogP contribution in [0, 0.1) is 0 Å². The van der Waals surface area contributed by atoms with Gasteiger partial charge in [0.25, 0.3) is 0 Å². The summed E-state index contributed by atoms with van der Waals surface area (Å²) in [4.78, 5) is 18.0. The number of aliphatic hydroxyl groups is 1. The summed E-state index contributed by atoms with van der Waals surface area (Å²) in [5.74, 6) is 1.52. The van der Waals surface area contributed by atoms with Crippen molar-refractivity contribution in [3.05, 3.63) is 36.2 Å². The lowest BCUT2D eigenvalue weighted by Crippen LogP contribution is -2.19. The van der Waals surface area contributed by atoms with Crippen molar-refractivity contribution < 1.29 is 5.11 Å². The van der Waals surface area contributed by atoms with Crippen LogP contribution in [0.25, 0.3) is 22.4 Å². The highest BCUT2D eigenvalue weighted by Crippen LogP contribution is 2.30. The van der Waals surface area contributed by atoms with Crippen molar-refractivity contribution in [3.63, 3.8) is 0 Å². The average molecular weight is 309 g/mol. The lowest BCUT2D eigenvalue weighted by Gasteiger charge is -2.15. The minimum atomic E-state index is -1.04. The second-order valence-electron chi connectivity index (χ2n) is 6.68. The Balaban J connectivity index is 1.79. The molecule has 0 aliphatic carbocycles. The van der Waals surface area contributed by atoms with Gasteiger partial charge in [0.2, 0.25) is 0 Å². The summed E-state index contributed by atoms with van der Waals surface area (Å²) in [7, 11) is 0. The Morgan fingerprint density at radius 3 is 2.61 bits per heavy atom. The predicted octanol–water partition coefficient (Wildman–Crippen LogP) is 2.62. The monoisotopic (exact) mass is 309 g/mol. The molecule has 0 fully saturated rings. The number of hydrogen-bond donors (Lipinski definition) is 1. The van der Waals surface area contributed by atoms with Crippen LogP contribution in [0.4, 0.5) is 0 Å². The molecule has 1 aliphatic heterocycles. The van der Waals surface area contributed by atoms with Crippen LogP contribution in [-0.2, 0) is 12.0 Å². The first-order chi connectivity index (χ1) is 10.9. The van der Waals surface area contributed by atoms with E-state index in [2.05, 4.69) is 26.4 Å². The second-order valence-corrected chi connectivity index (χ2v) is 6.68. The van der Waals surface area contributed by atoms with Gasteiger partial charge in [-0.05, 0) is 39.3 Å². The summed E-state index contributed by atoms with van der Waals surface area (Å²) in [6, 6.07) is 4.38. The molecule has 1 unspecified atom stereocenters. The van der Waals surface area contributed by atoms with Crippen molar-refractivity contribution in [2.75, 3.05) is 0 Å². The molecule has 0 saturated heterocycles. The van der Waals surface area contributed by atoms with E-state index in [-0.39, 0.29) is 0 Å². The Bertz CT molecular complexity index is 876. The van der Waals surface area contributed by atoms with Crippen molar-refractivity contribution in [3.8, 4) is 11.3 Å². The Kier molecular flexibility index (Phi) is 2.99. The fourth-order valence-electron chi connectivity index (χ4n) is 3.06. The van der Waals surface area contributed by atoms with E-state index < -0.39 is 5.60 Å². The van der Waals surface area contributed by atoms with Gasteiger partial charge < -0.3 is 9.67 Å². The molecule has 4 rings (SSSR count). The van der Waals surface area contributed by atoms with Crippen LogP contribution in [-0.4, -0.2) is 29.6 Å². The molecule has 0 radical (unpaired) electrons. The smallest absolute Gasteiger partial charge is 0.160 e. The van der Waals surface area contributed by atoms with E-state index in [1.165, 1.54) is 0 Å². The molecule has 4 heterocycles. The molecular weight excluding hydrogens is 290 g/mol. The second kappa shape index (κ2) is 4.83. The Morgan fingerprint density at radius 2 is 1.91 bits per heavy atom. The van der Waals surface area contributed by atoms with Crippen molar-refractivity contribution in [2.24, 2.45) is 0 Å². The molecule has 0 saturated carbocycles. The van der Waals surface area contributed by atoms with Crippen molar-refractivity contribution in [1.29, 1.82) is 0 Å². The molecule has 3 aromatic rings. The standard InChI is InChI=1S/C17H19N5O/c1-10-4-7-14-20-13-6-5-12(21-15(13)22(10)14)11-8-18-16(19-9-11)17(2,3)23/h5-6,8-10,23H,4,7H2,1-3H3. The van der Waals surface area contributed by atoms with E-state index in [9.17, 15) is 5.11 Å². The van der Waals surface area contributed by atoms with Gasteiger partial charge in [-0.3, -0.25) is 0 Å². The van der Waals surface area contributed by atoms with Gasteiger partial charge in [-0.1, -0.05) is 0 Å². The molecule has 1 atom stereocenters. The third kappa shape index (κ3) is 2.30. The van der Waals surface area contributed by atoms with Crippen LogP contribution < -0.4 is 0 Å². The van der Waals surface area contributed by atoms with Crippen LogP contribution in [0.1, 0.15) is 44.9 Å². The largest absolute Gasteiger partial charge is 0.382 e. The molecule has 3 aromatic heterocycles. The summed E-state index contributed by atoms with van der Waals surface area (Å²) in [6.07, 6.45) is 5.54. The maximum atomic E-state index is 9.95. The predicted molar refractivity (Wildman–Crippen MR) is 86.8 cm³/mol. The minimum absolute atomic E-state index is 0.404. The van der Waals surface area contributed by atoms with E-state index in [0.717, 1.165) is 41.1 Å².